The number of carbonyl (C=O) groups excluding carboxylic acids is 2. The fourth-order valence-corrected chi connectivity index (χ4v) is 5.94. The first kappa shape index (κ1) is 14.7. The second-order valence-corrected chi connectivity index (χ2v) is 8.22. The van der Waals surface area contributed by atoms with Gasteiger partial charge in [0.25, 0.3) is 0 Å². The number of carbonyl (C=O) groups is 2. The molecule has 0 aliphatic rings. The number of hydrogen-bond acceptors (Lipinski definition) is 6. The average molecular weight is 327 g/mol. The Labute approximate surface area is 94.9 Å². The van der Waals surface area contributed by atoms with Crippen molar-refractivity contribution in [2.45, 2.75) is 27.7 Å². The Hall–Kier alpha value is -0.341. The summed E-state index contributed by atoms with van der Waals surface area (Å²) in [6.07, 6.45) is 0. The van der Waals surface area contributed by atoms with E-state index in [2.05, 4.69) is 0 Å². The van der Waals surface area contributed by atoms with Crippen molar-refractivity contribution >= 4 is 32.0 Å². The molecular formula is C8H16O6Sn. The van der Waals surface area contributed by atoms with Crippen LogP contribution in [-0.2, 0) is 21.9 Å². The quantitative estimate of drug-likeness (QED) is 0.666. The molecule has 0 bridgehead atoms. The van der Waals surface area contributed by atoms with Gasteiger partial charge in [0.15, 0.2) is 0 Å². The molecule has 0 fully saturated rings. The Morgan fingerprint density at radius 3 is 1.47 bits per heavy atom. The number of rotatable bonds is 6. The van der Waals surface area contributed by atoms with Gasteiger partial charge in [0.05, 0.1) is 0 Å². The molecule has 0 N–H and O–H groups in total. The van der Waals surface area contributed by atoms with Crippen LogP contribution in [0.4, 0.5) is 0 Å². The predicted octanol–water partition coefficient (Wildman–Crippen LogP) is 0.621. The van der Waals surface area contributed by atoms with E-state index in [0.29, 0.717) is 0 Å². The fourth-order valence-electron chi connectivity index (χ4n) is 0.886. The van der Waals surface area contributed by atoms with E-state index < -0.39 is 32.0 Å². The minimum absolute atomic E-state index is 0.261. The van der Waals surface area contributed by atoms with E-state index in [-0.39, 0.29) is 13.2 Å². The van der Waals surface area contributed by atoms with Crippen molar-refractivity contribution < 1.29 is 21.9 Å². The summed E-state index contributed by atoms with van der Waals surface area (Å²) >= 11 is -4.42. The summed E-state index contributed by atoms with van der Waals surface area (Å²) in [6, 6.07) is 0. The van der Waals surface area contributed by atoms with Crippen LogP contribution in [0.15, 0.2) is 0 Å². The van der Waals surface area contributed by atoms with Gasteiger partial charge < -0.3 is 0 Å². The van der Waals surface area contributed by atoms with Crippen LogP contribution < -0.4 is 0 Å². The van der Waals surface area contributed by atoms with Gasteiger partial charge in [-0.1, -0.05) is 0 Å². The Morgan fingerprint density at radius 2 is 1.27 bits per heavy atom. The molecule has 0 heterocycles. The van der Waals surface area contributed by atoms with E-state index >= 15 is 0 Å². The van der Waals surface area contributed by atoms with Crippen molar-refractivity contribution in [2.75, 3.05) is 13.2 Å². The Bertz CT molecular complexity index is 205. The van der Waals surface area contributed by atoms with Gasteiger partial charge in [-0.15, -0.1) is 0 Å². The third kappa shape index (κ3) is 5.95. The SMILES string of the molecule is CC[O][Sn]([O]CC)([O]C(C)=O)[O]C(C)=O. The average Bonchev–Trinajstić information content (AvgIpc) is 2.01. The Morgan fingerprint density at radius 1 is 0.933 bits per heavy atom. The zero-order chi connectivity index (χ0) is 11.9. The second kappa shape index (κ2) is 7.02. The van der Waals surface area contributed by atoms with Crippen LogP contribution in [0, 0.1) is 0 Å². The van der Waals surface area contributed by atoms with Crippen LogP contribution >= 0.6 is 0 Å². The van der Waals surface area contributed by atoms with Crippen LogP contribution in [-0.4, -0.2) is 45.2 Å². The summed E-state index contributed by atoms with van der Waals surface area (Å²) in [6.45, 7) is 6.36. The standard InChI is InChI=1S/2C2H4O2.2C2H5O.Sn/c2*1-2(3)4;2*1-2-3;/h2*1H3,(H,3,4);2*2H2,1H3;/q;;2*-1;+4/p-2. The zero-order valence-electron chi connectivity index (χ0n) is 9.36. The summed E-state index contributed by atoms with van der Waals surface area (Å²) in [7, 11) is 0. The summed E-state index contributed by atoms with van der Waals surface area (Å²) in [5.41, 5.74) is 0. The Balaban J connectivity index is 4.69. The molecule has 7 heteroatoms. The molecule has 0 spiro atoms. The van der Waals surface area contributed by atoms with Crippen molar-refractivity contribution in [3.8, 4) is 0 Å². The molecule has 0 aromatic carbocycles. The van der Waals surface area contributed by atoms with Gasteiger partial charge in [-0.25, -0.2) is 0 Å². The van der Waals surface area contributed by atoms with Crippen molar-refractivity contribution in [1.29, 1.82) is 0 Å². The van der Waals surface area contributed by atoms with Gasteiger partial charge >= 0.3 is 94.8 Å². The molecule has 0 amide bonds. The number of hydrogen-bond donors (Lipinski definition) is 0. The molecule has 0 rings (SSSR count). The normalized spacial score (nSPS) is 10.9. The van der Waals surface area contributed by atoms with Gasteiger partial charge in [-0.2, -0.15) is 0 Å². The summed E-state index contributed by atoms with van der Waals surface area (Å²) in [5, 5.41) is 0. The maximum atomic E-state index is 10.9. The molecule has 0 saturated carbocycles. The Kier molecular flexibility index (Phi) is 6.86. The molecule has 15 heavy (non-hydrogen) atoms. The molecule has 0 radical (unpaired) electrons. The zero-order valence-corrected chi connectivity index (χ0v) is 12.2. The van der Waals surface area contributed by atoms with E-state index in [1.54, 1.807) is 13.8 Å². The molecule has 88 valence electrons. The molecule has 0 aromatic heterocycles. The molecule has 0 atom stereocenters. The van der Waals surface area contributed by atoms with E-state index in [1.807, 2.05) is 0 Å². The van der Waals surface area contributed by atoms with Crippen molar-refractivity contribution in [1.82, 2.24) is 0 Å². The molecule has 0 aliphatic carbocycles. The maximum absolute atomic E-state index is 10.9. The summed E-state index contributed by atoms with van der Waals surface area (Å²) in [5.74, 6) is -1.15. The van der Waals surface area contributed by atoms with Crippen LogP contribution in [0.1, 0.15) is 27.7 Å². The van der Waals surface area contributed by atoms with Crippen molar-refractivity contribution in [3.05, 3.63) is 0 Å². The molecule has 0 aromatic rings. The van der Waals surface area contributed by atoms with Crippen molar-refractivity contribution in [2.24, 2.45) is 0 Å². The van der Waals surface area contributed by atoms with E-state index in [0.717, 1.165) is 0 Å². The van der Waals surface area contributed by atoms with E-state index in [4.69, 9.17) is 12.3 Å². The van der Waals surface area contributed by atoms with Crippen LogP contribution in [0.2, 0.25) is 0 Å². The fraction of sp³-hybridized carbons (Fsp3) is 0.750. The van der Waals surface area contributed by atoms with E-state index in [9.17, 15) is 9.59 Å². The first-order valence-corrected chi connectivity index (χ1v) is 9.29. The van der Waals surface area contributed by atoms with Gasteiger partial charge in [0.1, 0.15) is 0 Å². The van der Waals surface area contributed by atoms with Crippen LogP contribution in [0.25, 0.3) is 0 Å². The third-order valence-corrected chi connectivity index (χ3v) is 7.91. The van der Waals surface area contributed by atoms with Gasteiger partial charge in [-0.05, 0) is 0 Å². The van der Waals surface area contributed by atoms with Gasteiger partial charge in [0, 0.05) is 0 Å². The first-order valence-electron chi connectivity index (χ1n) is 4.62. The monoisotopic (exact) mass is 328 g/mol. The van der Waals surface area contributed by atoms with Crippen LogP contribution in [0.5, 0.6) is 0 Å². The third-order valence-electron chi connectivity index (χ3n) is 1.18. The predicted molar refractivity (Wildman–Crippen MR) is 52.5 cm³/mol. The molecular weight excluding hydrogens is 311 g/mol. The molecule has 0 unspecified atom stereocenters. The summed E-state index contributed by atoms with van der Waals surface area (Å²) in [4.78, 5) is 21.7. The second-order valence-electron chi connectivity index (χ2n) is 2.55. The topological polar surface area (TPSA) is 71.1 Å². The van der Waals surface area contributed by atoms with Crippen molar-refractivity contribution in [3.63, 3.8) is 0 Å². The molecule has 0 saturated heterocycles. The molecule has 6 nitrogen and oxygen atoms in total. The van der Waals surface area contributed by atoms with Gasteiger partial charge in [0.2, 0.25) is 0 Å². The minimum atomic E-state index is -4.42. The van der Waals surface area contributed by atoms with Gasteiger partial charge in [-0.3, -0.25) is 0 Å². The molecule has 0 aliphatic heterocycles. The van der Waals surface area contributed by atoms with Crippen LogP contribution in [0.3, 0.4) is 0 Å². The van der Waals surface area contributed by atoms with E-state index in [1.165, 1.54) is 13.8 Å². The first-order chi connectivity index (χ1) is 6.95. The summed E-state index contributed by atoms with van der Waals surface area (Å²) < 4.78 is 20.2.